The highest BCUT2D eigenvalue weighted by atomic mass is 16.7. The second kappa shape index (κ2) is 7.34. The molecule has 0 amide bonds. The van der Waals surface area contributed by atoms with Crippen molar-refractivity contribution in [2.24, 2.45) is 5.41 Å². The van der Waals surface area contributed by atoms with Crippen molar-refractivity contribution in [2.75, 3.05) is 25.1 Å². The number of ether oxygens (including phenoxy) is 2. The Morgan fingerprint density at radius 1 is 1.38 bits per heavy atom. The van der Waals surface area contributed by atoms with Gasteiger partial charge in [0.05, 0.1) is 13.2 Å². The van der Waals surface area contributed by atoms with E-state index in [0.717, 1.165) is 25.8 Å². The Morgan fingerprint density at radius 3 is 2.76 bits per heavy atom. The quantitative estimate of drug-likeness (QED) is 0.776. The molecule has 2 heterocycles. The van der Waals surface area contributed by atoms with Gasteiger partial charge in [-0.3, -0.25) is 0 Å². The third-order valence-electron chi connectivity index (χ3n) is 4.02. The summed E-state index contributed by atoms with van der Waals surface area (Å²) in [6.45, 7) is 6.48. The van der Waals surface area contributed by atoms with Crippen molar-refractivity contribution in [2.45, 2.75) is 39.4 Å². The minimum Gasteiger partial charge on any atom is -0.368 e. The lowest BCUT2D eigenvalue weighted by Crippen LogP contribution is -2.33. The summed E-state index contributed by atoms with van der Waals surface area (Å²) >= 11 is 0. The van der Waals surface area contributed by atoms with Gasteiger partial charge < -0.3 is 14.8 Å². The summed E-state index contributed by atoms with van der Waals surface area (Å²) in [5.41, 5.74) is 0.358. The summed E-state index contributed by atoms with van der Waals surface area (Å²) in [4.78, 5) is 8.11. The highest BCUT2D eigenvalue weighted by Crippen LogP contribution is 2.35. The predicted molar refractivity (Wildman–Crippen MR) is 78.6 cm³/mol. The molecule has 2 rings (SSSR count). The van der Waals surface area contributed by atoms with Crippen LogP contribution in [0.25, 0.3) is 0 Å². The highest BCUT2D eigenvalue weighted by Gasteiger charge is 2.36. The Morgan fingerprint density at radius 2 is 2.10 bits per heavy atom. The molecule has 1 aliphatic heterocycles. The molecule has 0 aromatic carbocycles. The number of hydrogen-bond acceptors (Lipinski definition) is 6. The average Bonchev–Trinajstić information content (AvgIpc) is 3.06. The summed E-state index contributed by atoms with van der Waals surface area (Å²) in [7, 11) is 0. The fraction of sp³-hybridized carbons (Fsp3) is 0.667. The van der Waals surface area contributed by atoms with Gasteiger partial charge in [-0.05, 0) is 19.3 Å². The average molecular weight is 290 g/mol. The monoisotopic (exact) mass is 290 g/mol. The molecule has 114 valence electrons. The largest absolute Gasteiger partial charge is 0.368 e. The second-order valence-electron chi connectivity index (χ2n) is 5.48. The lowest BCUT2D eigenvalue weighted by Gasteiger charge is -2.33. The Bertz CT molecular complexity index is 497. The van der Waals surface area contributed by atoms with E-state index in [1.807, 2.05) is 6.07 Å². The van der Waals surface area contributed by atoms with Gasteiger partial charge in [0, 0.05) is 24.4 Å². The first-order valence-electron chi connectivity index (χ1n) is 7.38. The van der Waals surface area contributed by atoms with Gasteiger partial charge in [-0.25, -0.2) is 9.97 Å². The van der Waals surface area contributed by atoms with Crippen molar-refractivity contribution < 1.29 is 9.47 Å². The SMILES string of the molecule is CC[C@@](C)(CCCNc1nccnc1C#N)C1OCCO1. The number of nitrogens with one attached hydrogen (secondary N) is 1. The van der Waals surface area contributed by atoms with Crippen molar-refractivity contribution in [3.05, 3.63) is 18.1 Å². The number of nitrogens with zero attached hydrogens (tertiary/aromatic N) is 3. The standard InChI is InChI=1S/C15H22N4O2/c1-3-15(2,14-20-9-10-21-14)5-4-6-18-13-12(11-16)17-7-8-19-13/h7-8,14H,3-6,9-10H2,1-2H3,(H,18,19)/t15-/m0/s1. The molecule has 0 saturated carbocycles. The molecule has 0 bridgehead atoms. The molecule has 0 aliphatic carbocycles. The van der Waals surface area contributed by atoms with Crippen molar-refractivity contribution in [1.29, 1.82) is 5.26 Å². The first-order chi connectivity index (χ1) is 10.2. The molecular weight excluding hydrogens is 268 g/mol. The van der Waals surface area contributed by atoms with E-state index in [1.165, 1.54) is 6.20 Å². The van der Waals surface area contributed by atoms with E-state index in [2.05, 4.69) is 29.1 Å². The molecule has 6 heteroatoms. The molecular formula is C15H22N4O2. The van der Waals surface area contributed by atoms with E-state index in [1.54, 1.807) is 6.20 Å². The van der Waals surface area contributed by atoms with Crippen LogP contribution in [0.5, 0.6) is 0 Å². The van der Waals surface area contributed by atoms with Crippen LogP contribution in [0.3, 0.4) is 0 Å². The van der Waals surface area contributed by atoms with Crippen LogP contribution in [0.2, 0.25) is 0 Å². The van der Waals surface area contributed by atoms with E-state index in [9.17, 15) is 0 Å². The maximum absolute atomic E-state index is 8.96. The van der Waals surface area contributed by atoms with Crippen LogP contribution in [0, 0.1) is 16.7 Å². The maximum Gasteiger partial charge on any atom is 0.182 e. The topological polar surface area (TPSA) is 80.1 Å². The van der Waals surface area contributed by atoms with E-state index >= 15 is 0 Å². The molecule has 1 aromatic heterocycles. The van der Waals surface area contributed by atoms with Crippen LogP contribution in [0.4, 0.5) is 5.82 Å². The number of anilines is 1. The van der Waals surface area contributed by atoms with Crippen molar-refractivity contribution >= 4 is 5.82 Å². The zero-order chi connectivity index (χ0) is 15.1. The van der Waals surface area contributed by atoms with Gasteiger partial charge in [-0.2, -0.15) is 5.26 Å². The lowest BCUT2D eigenvalue weighted by molar-refractivity contribution is -0.131. The van der Waals surface area contributed by atoms with Crippen molar-refractivity contribution in [1.82, 2.24) is 9.97 Å². The van der Waals surface area contributed by atoms with Crippen LogP contribution in [-0.4, -0.2) is 36.0 Å². The van der Waals surface area contributed by atoms with Crippen LogP contribution >= 0.6 is 0 Å². The van der Waals surface area contributed by atoms with Gasteiger partial charge in [0.25, 0.3) is 0 Å². The molecule has 21 heavy (non-hydrogen) atoms. The molecule has 1 fully saturated rings. The number of aromatic nitrogens is 2. The normalized spacial score (nSPS) is 18.1. The van der Waals surface area contributed by atoms with E-state index in [0.29, 0.717) is 24.7 Å². The van der Waals surface area contributed by atoms with Crippen molar-refractivity contribution in [3.63, 3.8) is 0 Å². The minimum atomic E-state index is -0.103. The zero-order valence-electron chi connectivity index (χ0n) is 12.6. The Labute approximate surface area is 125 Å². The third-order valence-corrected chi connectivity index (χ3v) is 4.02. The van der Waals surface area contributed by atoms with E-state index in [-0.39, 0.29) is 11.7 Å². The molecule has 0 unspecified atom stereocenters. The molecule has 6 nitrogen and oxygen atoms in total. The Kier molecular flexibility index (Phi) is 5.48. The molecule has 1 atom stereocenters. The van der Waals surface area contributed by atoms with Crippen LogP contribution < -0.4 is 5.32 Å². The first-order valence-corrected chi connectivity index (χ1v) is 7.38. The minimum absolute atomic E-state index is 0.0264. The van der Waals surface area contributed by atoms with Crippen LogP contribution in [-0.2, 0) is 9.47 Å². The van der Waals surface area contributed by atoms with Gasteiger partial charge in [-0.15, -0.1) is 0 Å². The smallest absolute Gasteiger partial charge is 0.182 e. The van der Waals surface area contributed by atoms with Crippen LogP contribution in [0.15, 0.2) is 12.4 Å². The number of nitriles is 1. The van der Waals surface area contributed by atoms with Gasteiger partial charge in [0.1, 0.15) is 6.07 Å². The lowest BCUT2D eigenvalue weighted by atomic mass is 9.82. The van der Waals surface area contributed by atoms with Gasteiger partial charge in [-0.1, -0.05) is 13.8 Å². The fourth-order valence-electron chi connectivity index (χ4n) is 2.47. The van der Waals surface area contributed by atoms with E-state index < -0.39 is 0 Å². The maximum atomic E-state index is 8.96. The molecule has 0 spiro atoms. The van der Waals surface area contributed by atoms with Gasteiger partial charge >= 0.3 is 0 Å². The van der Waals surface area contributed by atoms with Crippen molar-refractivity contribution in [3.8, 4) is 6.07 Å². The Hall–Kier alpha value is -1.71. The summed E-state index contributed by atoms with van der Waals surface area (Å²) in [5.74, 6) is 0.548. The summed E-state index contributed by atoms with van der Waals surface area (Å²) < 4.78 is 11.3. The third kappa shape index (κ3) is 3.90. The molecule has 1 aliphatic rings. The fourth-order valence-corrected chi connectivity index (χ4v) is 2.47. The first kappa shape index (κ1) is 15.7. The second-order valence-corrected chi connectivity index (χ2v) is 5.48. The summed E-state index contributed by atoms with van der Waals surface area (Å²) in [6, 6.07) is 2.03. The molecule has 1 aromatic rings. The number of rotatable bonds is 7. The van der Waals surface area contributed by atoms with Crippen LogP contribution in [0.1, 0.15) is 38.8 Å². The Balaban J connectivity index is 1.82. The molecule has 1 saturated heterocycles. The molecule has 0 radical (unpaired) electrons. The zero-order valence-corrected chi connectivity index (χ0v) is 12.6. The molecule has 1 N–H and O–H groups in total. The summed E-state index contributed by atoms with van der Waals surface area (Å²) in [5, 5.41) is 12.1. The predicted octanol–water partition coefficient (Wildman–Crippen LogP) is 2.33. The van der Waals surface area contributed by atoms with Gasteiger partial charge in [0.2, 0.25) is 0 Å². The summed E-state index contributed by atoms with van der Waals surface area (Å²) in [6.07, 6.45) is 5.95. The van der Waals surface area contributed by atoms with Gasteiger partial charge in [0.15, 0.2) is 17.8 Å². The highest BCUT2D eigenvalue weighted by molar-refractivity contribution is 5.46. The van der Waals surface area contributed by atoms with E-state index in [4.69, 9.17) is 14.7 Å². The number of hydrogen-bond donors (Lipinski definition) is 1.